The Kier molecular flexibility index (Phi) is 1.80. The summed E-state index contributed by atoms with van der Waals surface area (Å²) in [6.07, 6.45) is 0. The molecule has 5 nitrogen and oxygen atoms in total. The summed E-state index contributed by atoms with van der Waals surface area (Å²) in [6, 6.07) is 7.97. The highest BCUT2D eigenvalue weighted by Gasteiger charge is 2.31. The number of hydrogen-bond donors (Lipinski definition) is 1. The van der Waals surface area contributed by atoms with Gasteiger partial charge in [0.15, 0.2) is 11.5 Å². The highest BCUT2D eigenvalue weighted by Crippen LogP contribution is 2.28. The SMILES string of the molecule is NC(=O)C1=NCN2C1=NCc1ccccc12. The second-order valence-corrected chi connectivity index (χ2v) is 3.71. The third kappa shape index (κ3) is 1.14. The standard InChI is InChI=1S/C11H10N4O/c12-10(16)9-11-13-5-7-3-1-2-4-8(7)15(11)6-14-9/h1-4H,5-6H2,(H2,12,16). The van der Waals surface area contributed by atoms with Crippen LogP contribution in [0.15, 0.2) is 34.3 Å². The molecule has 2 aliphatic heterocycles. The van der Waals surface area contributed by atoms with Crippen LogP contribution >= 0.6 is 0 Å². The zero-order chi connectivity index (χ0) is 11.1. The van der Waals surface area contributed by atoms with Crippen LogP contribution in [0.4, 0.5) is 5.69 Å². The summed E-state index contributed by atoms with van der Waals surface area (Å²) in [7, 11) is 0. The molecule has 0 radical (unpaired) electrons. The molecule has 0 unspecified atom stereocenters. The minimum absolute atomic E-state index is 0.287. The third-order valence-corrected chi connectivity index (χ3v) is 2.75. The monoisotopic (exact) mass is 214 g/mol. The topological polar surface area (TPSA) is 71.1 Å². The molecule has 1 aromatic rings. The summed E-state index contributed by atoms with van der Waals surface area (Å²) < 4.78 is 0. The number of benzene rings is 1. The lowest BCUT2D eigenvalue weighted by Crippen LogP contribution is -2.38. The number of carbonyl (C=O) groups is 1. The van der Waals surface area contributed by atoms with Gasteiger partial charge in [-0.2, -0.15) is 0 Å². The summed E-state index contributed by atoms with van der Waals surface area (Å²) in [4.78, 5) is 21.5. The van der Waals surface area contributed by atoms with Crippen molar-refractivity contribution in [3.8, 4) is 0 Å². The van der Waals surface area contributed by atoms with Gasteiger partial charge in [0.05, 0.1) is 6.54 Å². The average Bonchev–Trinajstić information content (AvgIpc) is 2.73. The van der Waals surface area contributed by atoms with Gasteiger partial charge in [0, 0.05) is 5.69 Å². The van der Waals surface area contributed by atoms with Gasteiger partial charge in [-0.05, 0) is 11.6 Å². The summed E-state index contributed by atoms with van der Waals surface area (Å²) in [5, 5.41) is 0. The molecular weight excluding hydrogens is 204 g/mol. The van der Waals surface area contributed by atoms with Crippen molar-refractivity contribution in [2.45, 2.75) is 6.54 Å². The first-order chi connectivity index (χ1) is 7.77. The van der Waals surface area contributed by atoms with Crippen LogP contribution in [0.1, 0.15) is 5.56 Å². The Morgan fingerprint density at radius 1 is 1.31 bits per heavy atom. The van der Waals surface area contributed by atoms with E-state index in [1.165, 1.54) is 0 Å². The van der Waals surface area contributed by atoms with Crippen LogP contribution in [0, 0.1) is 0 Å². The van der Waals surface area contributed by atoms with E-state index >= 15 is 0 Å². The summed E-state index contributed by atoms with van der Waals surface area (Å²) in [5.41, 5.74) is 7.74. The minimum atomic E-state index is -0.513. The number of primary amides is 1. The van der Waals surface area contributed by atoms with Crippen LogP contribution in [0.2, 0.25) is 0 Å². The highest BCUT2D eigenvalue weighted by atomic mass is 16.1. The van der Waals surface area contributed by atoms with E-state index in [2.05, 4.69) is 9.98 Å². The number of amides is 1. The van der Waals surface area contributed by atoms with E-state index in [0.29, 0.717) is 19.0 Å². The van der Waals surface area contributed by atoms with Crippen LogP contribution in [0.5, 0.6) is 0 Å². The van der Waals surface area contributed by atoms with Gasteiger partial charge in [0.1, 0.15) is 6.67 Å². The number of rotatable bonds is 1. The Hall–Kier alpha value is -2.17. The van der Waals surface area contributed by atoms with Gasteiger partial charge in [-0.15, -0.1) is 0 Å². The van der Waals surface area contributed by atoms with Crippen molar-refractivity contribution in [1.29, 1.82) is 0 Å². The Morgan fingerprint density at radius 3 is 2.94 bits per heavy atom. The van der Waals surface area contributed by atoms with Crippen molar-refractivity contribution < 1.29 is 4.79 Å². The maximum atomic E-state index is 11.2. The lowest BCUT2D eigenvalue weighted by atomic mass is 10.1. The van der Waals surface area contributed by atoms with E-state index in [1.807, 2.05) is 29.2 Å². The molecular formula is C11H10N4O. The Labute approximate surface area is 92.3 Å². The second-order valence-electron chi connectivity index (χ2n) is 3.71. The lowest BCUT2D eigenvalue weighted by molar-refractivity contribution is -0.111. The van der Waals surface area contributed by atoms with Crippen molar-refractivity contribution in [2.75, 3.05) is 11.6 Å². The number of nitrogens with zero attached hydrogens (tertiary/aromatic N) is 3. The van der Waals surface area contributed by atoms with E-state index in [1.54, 1.807) is 0 Å². The number of aliphatic imine (C=N–C) groups is 2. The quantitative estimate of drug-likeness (QED) is 0.730. The molecule has 0 bridgehead atoms. The smallest absolute Gasteiger partial charge is 0.270 e. The molecule has 1 aromatic carbocycles. The first-order valence-electron chi connectivity index (χ1n) is 5.02. The van der Waals surface area contributed by atoms with E-state index in [9.17, 15) is 4.79 Å². The van der Waals surface area contributed by atoms with Crippen LogP contribution in [0.25, 0.3) is 0 Å². The Balaban J connectivity index is 2.05. The van der Waals surface area contributed by atoms with Gasteiger partial charge in [-0.25, -0.2) is 0 Å². The molecule has 0 fully saturated rings. The van der Waals surface area contributed by atoms with Crippen LogP contribution in [-0.2, 0) is 11.3 Å². The molecule has 0 saturated carbocycles. The van der Waals surface area contributed by atoms with E-state index in [4.69, 9.17) is 5.73 Å². The molecule has 0 atom stereocenters. The largest absolute Gasteiger partial charge is 0.364 e. The average molecular weight is 214 g/mol. The van der Waals surface area contributed by atoms with Crippen molar-refractivity contribution in [3.05, 3.63) is 29.8 Å². The van der Waals surface area contributed by atoms with Crippen LogP contribution in [0.3, 0.4) is 0 Å². The normalized spacial score (nSPS) is 17.4. The number of hydrogen-bond acceptors (Lipinski definition) is 4. The van der Waals surface area contributed by atoms with Gasteiger partial charge in [-0.1, -0.05) is 18.2 Å². The molecule has 2 aliphatic rings. The van der Waals surface area contributed by atoms with E-state index in [0.717, 1.165) is 11.3 Å². The van der Waals surface area contributed by atoms with E-state index < -0.39 is 5.91 Å². The van der Waals surface area contributed by atoms with Gasteiger partial charge in [0.2, 0.25) is 0 Å². The van der Waals surface area contributed by atoms with Gasteiger partial charge in [0.25, 0.3) is 5.91 Å². The Bertz CT molecular complexity index is 533. The van der Waals surface area contributed by atoms with Crippen molar-refractivity contribution in [1.82, 2.24) is 0 Å². The maximum absolute atomic E-state index is 11.2. The first-order valence-corrected chi connectivity index (χ1v) is 5.02. The van der Waals surface area contributed by atoms with Crippen molar-refractivity contribution in [2.24, 2.45) is 15.7 Å². The molecule has 0 aromatic heterocycles. The number of fused-ring (bicyclic) bond motifs is 3. The maximum Gasteiger partial charge on any atom is 0.270 e. The number of amidine groups is 1. The second kappa shape index (κ2) is 3.16. The predicted molar refractivity (Wildman–Crippen MR) is 61.6 cm³/mol. The molecule has 80 valence electrons. The molecule has 2 N–H and O–H groups in total. The summed E-state index contributed by atoms with van der Waals surface area (Å²) in [6.45, 7) is 1.00. The van der Waals surface area contributed by atoms with Crippen LogP contribution in [-0.4, -0.2) is 24.1 Å². The molecule has 1 amide bonds. The number of nitrogens with two attached hydrogens (primary N) is 1. The fourth-order valence-corrected chi connectivity index (χ4v) is 2.01. The predicted octanol–water partition coefficient (Wildman–Crippen LogP) is 0.302. The van der Waals surface area contributed by atoms with Crippen molar-refractivity contribution in [3.63, 3.8) is 0 Å². The fraction of sp³-hybridized carbons (Fsp3) is 0.182. The van der Waals surface area contributed by atoms with Gasteiger partial charge >= 0.3 is 0 Å². The zero-order valence-corrected chi connectivity index (χ0v) is 8.55. The third-order valence-electron chi connectivity index (χ3n) is 2.75. The molecule has 0 saturated heterocycles. The fourth-order valence-electron chi connectivity index (χ4n) is 2.01. The zero-order valence-electron chi connectivity index (χ0n) is 8.55. The molecule has 3 rings (SSSR count). The van der Waals surface area contributed by atoms with Crippen molar-refractivity contribution >= 4 is 23.1 Å². The number of anilines is 1. The summed E-state index contributed by atoms with van der Waals surface area (Å²) >= 11 is 0. The molecule has 2 heterocycles. The number of para-hydroxylation sites is 1. The Morgan fingerprint density at radius 2 is 2.12 bits per heavy atom. The van der Waals surface area contributed by atoms with Gasteiger partial charge < -0.3 is 10.6 Å². The van der Waals surface area contributed by atoms with E-state index in [-0.39, 0.29) is 5.71 Å². The highest BCUT2D eigenvalue weighted by molar-refractivity contribution is 6.69. The molecule has 0 aliphatic carbocycles. The number of carbonyl (C=O) groups excluding carboxylic acids is 1. The molecule has 16 heavy (non-hydrogen) atoms. The summed E-state index contributed by atoms with van der Waals surface area (Å²) in [5.74, 6) is 0.0897. The lowest BCUT2D eigenvalue weighted by Gasteiger charge is -2.25. The first kappa shape index (κ1) is 9.08. The molecule has 0 spiro atoms. The minimum Gasteiger partial charge on any atom is -0.364 e. The molecule has 5 heteroatoms. The van der Waals surface area contributed by atoms with Gasteiger partial charge in [-0.3, -0.25) is 14.8 Å². The van der Waals surface area contributed by atoms with Crippen LogP contribution < -0.4 is 10.6 Å².